The minimum absolute atomic E-state index is 0.366. The summed E-state index contributed by atoms with van der Waals surface area (Å²) in [5, 5.41) is 0. The van der Waals surface area contributed by atoms with Crippen LogP contribution in [-0.4, -0.2) is 5.78 Å². The van der Waals surface area contributed by atoms with E-state index < -0.39 is 0 Å². The van der Waals surface area contributed by atoms with Gasteiger partial charge in [-0.2, -0.15) is 0 Å². The lowest BCUT2D eigenvalue weighted by atomic mass is 9.74. The second-order valence-corrected chi connectivity index (χ2v) is 4.67. The molecule has 1 rings (SSSR count). The van der Waals surface area contributed by atoms with Crippen LogP contribution in [0.1, 0.15) is 52.9 Å². The van der Waals surface area contributed by atoms with Gasteiger partial charge in [0.05, 0.1) is 0 Å². The van der Waals surface area contributed by atoms with Gasteiger partial charge < -0.3 is 0 Å². The molecule has 1 fully saturated rings. The van der Waals surface area contributed by atoms with Crippen LogP contribution in [0.25, 0.3) is 0 Å². The van der Waals surface area contributed by atoms with Crippen LogP contribution in [-0.2, 0) is 4.79 Å². The third-order valence-electron chi connectivity index (χ3n) is 3.28. The van der Waals surface area contributed by atoms with E-state index in [0.29, 0.717) is 23.5 Å². The summed E-state index contributed by atoms with van der Waals surface area (Å²) < 4.78 is 0. The first-order valence-corrected chi connectivity index (χ1v) is 5.70. The molecule has 0 spiro atoms. The lowest BCUT2D eigenvalue weighted by Crippen LogP contribution is -2.31. The van der Waals surface area contributed by atoms with E-state index >= 15 is 0 Å². The van der Waals surface area contributed by atoms with E-state index in [9.17, 15) is 4.79 Å². The number of Topliss-reactive ketones (excluding diaryl/α,β-unsaturated/α-hetero) is 1. The lowest BCUT2D eigenvalue weighted by molar-refractivity contribution is -0.130. The first kappa shape index (κ1) is 10.7. The molecular formula is C12H22O. The zero-order valence-electron chi connectivity index (χ0n) is 9.18. The Hall–Kier alpha value is -0.330. The highest BCUT2D eigenvalue weighted by atomic mass is 16.1. The Labute approximate surface area is 81.9 Å². The molecule has 0 aromatic carbocycles. The molecule has 1 aliphatic rings. The molecule has 0 heterocycles. The number of carbonyl (C=O) groups is 1. The molecule has 0 aliphatic heterocycles. The van der Waals surface area contributed by atoms with E-state index in [1.54, 1.807) is 0 Å². The predicted molar refractivity (Wildman–Crippen MR) is 55.6 cm³/mol. The molecule has 1 heteroatoms. The summed E-state index contributed by atoms with van der Waals surface area (Å²) in [5.41, 5.74) is 0. The van der Waals surface area contributed by atoms with Crippen LogP contribution in [0, 0.1) is 17.8 Å². The fourth-order valence-electron chi connectivity index (χ4n) is 2.47. The maximum atomic E-state index is 12.0. The fraction of sp³-hybridized carbons (Fsp3) is 0.917. The first-order chi connectivity index (χ1) is 6.16. The Morgan fingerprint density at radius 2 is 2.08 bits per heavy atom. The summed E-state index contributed by atoms with van der Waals surface area (Å²) in [6.45, 7) is 6.53. The van der Waals surface area contributed by atoms with Gasteiger partial charge in [-0.1, -0.05) is 33.6 Å². The van der Waals surface area contributed by atoms with Gasteiger partial charge in [-0.15, -0.1) is 0 Å². The molecule has 1 saturated carbocycles. The Morgan fingerprint density at radius 1 is 1.38 bits per heavy atom. The topological polar surface area (TPSA) is 17.1 Å². The van der Waals surface area contributed by atoms with Crippen LogP contribution in [0.15, 0.2) is 0 Å². The van der Waals surface area contributed by atoms with E-state index in [-0.39, 0.29) is 0 Å². The van der Waals surface area contributed by atoms with Gasteiger partial charge in [-0.25, -0.2) is 0 Å². The van der Waals surface area contributed by atoms with Crippen molar-refractivity contribution in [1.82, 2.24) is 0 Å². The summed E-state index contributed by atoms with van der Waals surface area (Å²) in [6, 6.07) is 0. The van der Waals surface area contributed by atoms with E-state index in [4.69, 9.17) is 0 Å². The zero-order chi connectivity index (χ0) is 9.84. The van der Waals surface area contributed by atoms with Crippen molar-refractivity contribution >= 4 is 5.78 Å². The van der Waals surface area contributed by atoms with Gasteiger partial charge in [0, 0.05) is 11.8 Å². The summed E-state index contributed by atoms with van der Waals surface area (Å²) in [6.07, 6.45) is 5.81. The van der Waals surface area contributed by atoms with Gasteiger partial charge in [-0.05, 0) is 25.2 Å². The molecule has 1 aliphatic carbocycles. The van der Waals surface area contributed by atoms with E-state index in [1.807, 2.05) is 0 Å². The molecule has 13 heavy (non-hydrogen) atoms. The summed E-state index contributed by atoms with van der Waals surface area (Å²) in [7, 11) is 0. The molecule has 76 valence electrons. The van der Waals surface area contributed by atoms with Crippen LogP contribution < -0.4 is 0 Å². The largest absolute Gasteiger partial charge is 0.299 e. The Balaban J connectivity index is 2.55. The standard InChI is InChI=1S/C12H22O/c1-4-6-10-7-5-8-11(9(2)3)12(10)13/h9-11H,4-8H2,1-3H3. The highest BCUT2D eigenvalue weighted by molar-refractivity contribution is 5.84. The first-order valence-electron chi connectivity index (χ1n) is 5.70. The number of hydrogen-bond acceptors (Lipinski definition) is 1. The number of rotatable bonds is 3. The third kappa shape index (κ3) is 2.55. The Morgan fingerprint density at radius 3 is 2.62 bits per heavy atom. The molecular weight excluding hydrogens is 160 g/mol. The smallest absolute Gasteiger partial charge is 0.139 e. The van der Waals surface area contributed by atoms with Crippen molar-refractivity contribution in [2.45, 2.75) is 52.9 Å². The van der Waals surface area contributed by atoms with Crippen molar-refractivity contribution in [1.29, 1.82) is 0 Å². The minimum atomic E-state index is 0.366. The Bertz CT molecular complexity index is 170. The van der Waals surface area contributed by atoms with Crippen LogP contribution in [0.2, 0.25) is 0 Å². The molecule has 0 saturated heterocycles. The van der Waals surface area contributed by atoms with Crippen molar-refractivity contribution in [2.75, 3.05) is 0 Å². The van der Waals surface area contributed by atoms with Gasteiger partial charge >= 0.3 is 0 Å². The second kappa shape index (κ2) is 4.78. The van der Waals surface area contributed by atoms with Crippen molar-refractivity contribution in [3.8, 4) is 0 Å². The highest BCUT2D eigenvalue weighted by Gasteiger charge is 2.31. The van der Waals surface area contributed by atoms with E-state index in [1.165, 1.54) is 6.42 Å². The van der Waals surface area contributed by atoms with Crippen molar-refractivity contribution in [2.24, 2.45) is 17.8 Å². The second-order valence-electron chi connectivity index (χ2n) is 4.67. The van der Waals surface area contributed by atoms with Crippen LogP contribution in [0.4, 0.5) is 0 Å². The van der Waals surface area contributed by atoms with Gasteiger partial charge in [0.25, 0.3) is 0 Å². The molecule has 0 bridgehead atoms. The van der Waals surface area contributed by atoms with Gasteiger partial charge in [0.2, 0.25) is 0 Å². The quantitative estimate of drug-likeness (QED) is 0.653. The Kier molecular flexibility index (Phi) is 3.95. The van der Waals surface area contributed by atoms with Crippen LogP contribution >= 0.6 is 0 Å². The molecule has 0 aromatic rings. The maximum Gasteiger partial charge on any atom is 0.139 e. The molecule has 0 N–H and O–H groups in total. The fourth-order valence-corrected chi connectivity index (χ4v) is 2.47. The van der Waals surface area contributed by atoms with E-state index in [2.05, 4.69) is 20.8 Å². The summed E-state index contributed by atoms with van der Waals surface area (Å²) in [4.78, 5) is 12.0. The predicted octanol–water partition coefficient (Wildman–Crippen LogP) is 3.43. The molecule has 2 atom stereocenters. The monoisotopic (exact) mass is 182 g/mol. The highest BCUT2D eigenvalue weighted by Crippen LogP contribution is 2.32. The van der Waals surface area contributed by atoms with Crippen molar-refractivity contribution in [3.63, 3.8) is 0 Å². The summed E-state index contributed by atoms with van der Waals surface area (Å²) >= 11 is 0. The molecule has 0 radical (unpaired) electrons. The minimum Gasteiger partial charge on any atom is -0.299 e. The normalized spacial score (nSPS) is 29.7. The number of carbonyl (C=O) groups excluding carboxylic acids is 1. The number of hydrogen-bond donors (Lipinski definition) is 0. The maximum absolute atomic E-state index is 12.0. The van der Waals surface area contributed by atoms with Gasteiger partial charge in [-0.3, -0.25) is 4.79 Å². The van der Waals surface area contributed by atoms with Crippen molar-refractivity contribution < 1.29 is 4.79 Å². The average Bonchev–Trinajstić information content (AvgIpc) is 2.08. The van der Waals surface area contributed by atoms with Crippen LogP contribution in [0.3, 0.4) is 0 Å². The molecule has 0 aromatic heterocycles. The molecule has 0 amide bonds. The van der Waals surface area contributed by atoms with Gasteiger partial charge in [0.15, 0.2) is 0 Å². The van der Waals surface area contributed by atoms with E-state index in [0.717, 1.165) is 25.7 Å². The lowest BCUT2D eigenvalue weighted by Gasteiger charge is -2.30. The zero-order valence-corrected chi connectivity index (χ0v) is 9.18. The average molecular weight is 182 g/mol. The summed E-state index contributed by atoms with van der Waals surface area (Å²) in [5.74, 6) is 1.87. The molecule has 2 unspecified atom stereocenters. The molecule has 1 nitrogen and oxygen atoms in total. The van der Waals surface area contributed by atoms with Crippen molar-refractivity contribution in [3.05, 3.63) is 0 Å². The van der Waals surface area contributed by atoms with Gasteiger partial charge in [0.1, 0.15) is 5.78 Å². The number of ketones is 1. The van der Waals surface area contributed by atoms with Crippen LogP contribution in [0.5, 0.6) is 0 Å². The third-order valence-corrected chi connectivity index (χ3v) is 3.28. The SMILES string of the molecule is CCCC1CCCC(C(C)C)C1=O.